The van der Waals surface area contributed by atoms with E-state index in [1.54, 1.807) is 0 Å². The van der Waals surface area contributed by atoms with Crippen LogP contribution < -0.4 is 11.1 Å². The largest absolute Gasteiger partial charge is 0.394 e. The Bertz CT molecular complexity index is 337. The third kappa shape index (κ3) is 2.09. The Morgan fingerprint density at radius 1 is 1.28 bits per heavy atom. The minimum absolute atomic E-state index is 0. The van der Waals surface area contributed by atoms with Crippen LogP contribution in [0.4, 0.5) is 13.2 Å². The highest BCUT2D eigenvalue weighted by Gasteiger charge is 2.79. The average Bonchev–Trinajstić information content (AvgIpc) is 2.04. The smallest absolute Gasteiger partial charge is 0.349 e. The van der Waals surface area contributed by atoms with Crippen LogP contribution in [0, 0.1) is 11.3 Å². The summed E-state index contributed by atoms with van der Waals surface area (Å²) in [5, 5.41) is 2.67. The molecule has 3 aliphatic carbocycles. The van der Waals surface area contributed by atoms with Gasteiger partial charge in [0.25, 0.3) is 0 Å². The van der Waals surface area contributed by atoms with Gasteiger partial charge in [0, 0.05) is 5.54 Å². The van der Waals surface area contributed by atoms with Crippen LogP contribution in [0.25, 0.3) is 0 Å². The predicted octanol–water partition coefficient (Wildman–Crippen LogP) is 1.99. The Kier molecular flexibility index (Phi) is 3.69. The van der Waals surface area contributed by atoms with Gasteiger partial charge in [-0.1, -0.05) is 13.8 Å². The lowest BCUT2D eigenvalue weighted by atomic mass is 9.39. The summed E-state index contributed by atoms with van der Waals surface area (Å²) in [4.78, 5) is 11.7. The van der Waals surface area contributed by atoms with Crippen molar-refractivity contribution in [1.82, 2.24) is 5.32 Å². The highest BCUT2D eigenvalue weighted by atomic mass is 35.5. The van der Waals surface area contributed by atoms with Gasteiger partial charge in [-0.05, 0) is 25.2 Å². The first-order valence-corrected chi connectivity index (χ1v) is 5.75. The third-order valence-electron chi connectivity index (χ3n) is 4.04. The van der Waals surface area contributed by atoms with Gasteiger partial charge in [0.1, 0.15) is 0 Å². The lowest BCUT2D eigenvalue weighted by molar-refractivity contribution is -0.337. The van der Waals surface area contributed by atoms with Gasteiger partial charge in [0.2, 0.25) is 5.91 Å². The Labute approximate surface area is 110 Å². The predicted molar refractivity (Wildman–Crippen MR) is 63.3 cm³/mol. The molecule has 0 aromatic carbocycles. The molecule has 0 heterocycles. The first kappa shape index (κ1) is 15.6. The highest BCUT2D eigenvalue weighted by molar-refractivity contribution is 5.85. The monoisotopic (exact) mass is 286 g/mol. The van der Waals surface area contributed by atoms with Gasteiger partial charge in [-0.15, -0.1) is 12.4 Å². The van der Waals surface area contributed by atoms with Crippen molar-refractivity contribution < 1.29 is 18.0 Å². The van der Waals surface area contributed by atoms with E-state index in [1.165, 1.54) is 0 Å². The number of amides is 1. The fourth-order valence-corrected chi connectivity index (χ4v) is 2.87. The van der Waals surface area contributed by atoms with E-state index in [0.29, 0.717) is 0 Å². The summed E-state index contributed by atoms with van der Waals surface area (Å²) in [5.74, 6) is -0.352. The average molecular weight is 287 g/mol. The summed E-state index contributed by atoms with van der Waals surface area (Å²) in [7, 11) is 0. The molecule has 106 valence electrons. The summed E-state index contributed by atoms with van der Waals surface area (Å²) in [6.07, 6.45) is -4.10. The van der Waals surface area contributed by atoms with Gasteiger partial charge in [-0.25, -0.2) is 0 Å². The number of nitrogens with two attached hydrogens (primary N) is 1. The first-order valence-electron chi connectivity index (χ1n) is 5.75. The van der Waals surface area contributed by atoms with Crippen LogP contribution in [0.3, 0.4) is 0 Å². The molecule has 3 aliphatic rings. The number of carbonyl (C=O) groups is 1. The van der Waals surface area contributed by atoms with Crippen molar-refractivity contribution in [1.29, 1.82) is 0 Å². The molecule has 0 aliphatic heterocycles. The van der Waals surface area contributed by atoms with Crippen LogP contribution in [-0.4, -0.2) is 23.7 Å². The molecule has 0 unspecified atom stereocenters. The second-order valence-electron chi connectivity index (χ2n) is 5.85. The van der Waals surface area contributed by atoms with Crippen LogP contribution in [0.2, 0.25) is 0 Å². The van der Waals surface area contributed by atoms with Crippen molar-refractivity contribution in [2.75, 3.05) is 0 Å². The summed E-state index contributed by atoms with van der Waals surface area (Å²) in [6.45, 7) is 3.62. The van der Waals surface area contributed by atoms with E-state index in [2.05, 4.69) is 5.32 Å². The number of rotatable bonds is 3. The second kappa shape index (κ2) is 4.27. The quantitative estimate of drug-likeness (QED) is 0.834. The molecule has 7 heteroatoms. The molecule has 2 bridgehead atoms. The number of hydrogen-bond donors (Lipinski definition) is 2. The van der Waals surface area contributed by atoms with Crippen molar-refractivity contribution in [3.05, 3.63) is 0 Å². The summed E-state index contributed by atoms with van der Waals surface area (Å²) in [5.41, 5.74) is 3.50. The van der Waals surface area contributed by atoms with Gasteiger partial charge in [-0.2, -0.15) is 13.2 Å². The molecule has 18 heavy (non-hydrogen) atoms. The molecule has 3 rings (SSSR count). The van der Waals surface area contributed by atoms with Crippen molar-refractivity contribution in [2.45, 2.75) is 50.9 Å². The zero-order valence-corrected chi connectivity index (χ0v) is 11.1. The fourth-order valence-electron chi connectivity index (χ4n) is 2.87. The van der Waals surface area contributed by atoms with Crippen molar-refractivity contribution in [3.63, 3.8) is 0 Å². The van der Waals surface area contributed by atoms with Crippen LogP contribution in [0.1, 0.15) is 33.1 Å². The van der Waals surface area contributed by atoms with Gasteiger partial charge >= 0.3 is 6.18 Å². The van der Waals surface area contributed by atoms with Gasteiger partial charge in [0.05, 0.1) is 11.5 Å². The van der Waals surface area contributed by atoms with Crippen LogP contribution >= 0.6 is 12.4 Å². The van der Waals surface area contributed by atoms with E-state index >= 15 is 0 Å². The summed E-state index contributed by atoms with van der Waals surface area (Å²) < 4.78 is 37.7. The molecule has 0 aromatic rings. The fraction of sp³-hybridized carbons (Fsp3) is 0.909. The van der Waals surface area contributed by atoms with E-state index in [0.717, 1.165) is 0 Å². The number of alkyl halides is 3. The maximum atomic E-state index is 12.6. The minimum atomic E-state index is -4.14. The van der Waals surface area contributed by atoms with Crippen molar-refractivity contribution >= 4 is 18.3 Å². The number of nitrogens with one attached hydrogen (secondary N) is 1. The number of halogens is 4. The zero-order valence-electron chi connectivity index (χ0n) is 10.3. The molecule has 0 radical (unpaired) electrons. The first-order chi connectivity index (χ1) is 7.61. The van der Waals surface area contributed by atoms with Crippen LogP contribution in [0.5, 0.6) is 0 Å². The lowest BCUT2D eigenvalue weighted by Crippen LogP contribution is -2.79. The molecule has 0 saturated heterocycles. The number of hydrogen-bond acceptors (Lipinski definition) is 2. The molecular formula is C11H18ClF3N2O. The third-order valence-corrected chi connectivity index (χ3v) is 4.04. The molecular weight excluding hydrogens is 269 g/mol. The summed E-state index contributed by atoms with van der Waals surface area (Å²) in [6, 6.07) is -0.647. The van der Waals surface area contributed by atoms with E-state index in [4.69, 9.17) is 5.73 Å². The highest BCUT2D eigenvalue weighted by Crippen LogP contribution is 2.73. The molecule has 3 N–H and O–H groups in total. The van der Waals surface area contributed by atoms with E-state index in [-0.39, 0.29) is 43.5 Å². The Morgan fingerprint density at radius 2 is 1.72 bits per heavy atom. The van der Waals surface area contributed by atoms with Crippen molar-refractivity contribution in [3.8, 4) is 0 Å². The van der Waals surface area contributed by atoms with Crippen LogP contribution in [-0.2, 0) is 4.79 Å². The van der Waals surface area contributed by atoms with Gasteiger partial charge in [0.15, 0.2) is 0 Å². The Hall–Kier alpha value is -0.490. The number of carbonyl (C=O) groups excluding carboxylic acids is 1. The Balaban J connectivity index is 0.00000162. The van der Waals surface area contributed by atoms with Crippen LogP contribution in [0.15, 0.2) is 0 Å². The molecule has 3 saturated carbocycles. The molecule has 1 amide bonds. The van der Waals surface area contributed by atoms with E-state index in [9.17, 15) is 18.0 Å². The van der Waals surface area contributed by atoms with Gasteiger partial charge in [-0.3, -0.25) is 4.79 Å². The topological polar surface area (TPSA) is 55.1 Å². The maximum Gasteiger partial charge on any atom is 0.394 e. The summed E-state index contributed by atoms with van der Waals surface area (Å²) >= 11 is 0. The van der Waals surface area contributed by atoms with E-state index in [1.807, 2.05) is 13.8 Å². The maximum absolute atomic E-state index is 12.6. The van der Waals surface area contributed by atoms with Crippen molar-refractivity contribution in [2.24, 2.45) is 17.1 Å². The minimum Gasteiger partial charge on any atom is -0.349 e. The molecule has 3 nitrogen and oxygen atoms in total. The molecule has 0 spiro atoms. The normalized spacial score (nSPS) is 35.1. The standard InChI is InChI=1S/C11H17F3N2O.ClH/c1-6(2)7(15)8(17)16-10-3-9(4-10,5-10)11(12,13)14;/h6-7H,3-5,15H2,1-2H3,(H,16,17);1H/t7-,9?,10?;/m0./s1. The van der Waals surface area contributed by atoms with Gasteiger partial charge < -0.3 is 11.1 Å². The molecule has 3 fully saturated rings. The Morgan fingerprint density at radius 3 is 2.06 bits per heavy atom. The second-order valence-corrected chi connectivity index (χ2v) is 5.85. The lowest BCUT2D eigenvalue weighted by Gasteiger charge is -2.70. The molecule has 0 aromatic heterocycles. The zero-order chi connectivity index (χ0) is 13.1. The molecule has 1 atom stereocenters. The SMILES string of the molecule is CC(C)[C@H](N)C(=O)NC12CC(C(F)(F)F)(C1)C2.Cl. The van der Waals surface area contributed by atoms with E-state index < -0.39 is 23.2 Å².